The molecule has 6 heteroatoms. The topological polar surface area (TPSA) is 98.1 Å². The van der Waals surface area contributed by atoms with Crippen molar-refractivity contribution in [1.29, 1.82) is 5.41 Å². The fourth-order valence-electron chi connectivity index (χ4n) is 1.86. The number of aliphatic hydroxyl groups excluding tert-OH is 1. The summed E-state index contributed by atoms with van der Waals surface area (Å²) < 4.78 is 0. The molecule has 0 unspecified atom stereocenters. The van der Waals surface area contributed by atoms with Crippen molar-refractivity contribution < 1.29 is 5.11 Å². The molecule has 114 valence electrons. The zero-order valence-corrected chi connectivity index (χ0v) is 12.2. The Bertz CT molecular complexity index is 625. The first-order chi connectivity index (χ1) is 10.7. The molecule has 2 aromatic rings. The Morgan fingerprint density at radius 1 is 1.09 bits per heavy atom. The predicted octanol–water partition coefficient (Wildman–Crippen LogP) is 2.86. The molecule has 0 bridgehead atoms. The smallest absolute Gasteiger partial charge is 0.122 e. The van der Waals surface area contributed by atoms with Crippen LogP contribution in [0.5, 0.6) is 0 Å². The Hall–Kier alpha value is -2.73. The summed E-state index contributed by atoms with van der Waals surface area (Å²) in [6.07, 6.45) is 0.586. The van der Waals surface area contributed by atoms with Crippen molar-refractivity contribution >= 4 is 17.2 Å². The lowest BCUT2D eigenvalue weighted by atomic mass is 10.2. The second-order valence-corrected chi connectivity index (χ2v) is 4.69. The van der Waals surface area contributed by atoms with Crippen molar-refractivity contribution in [3.05, 3.63) is 60.2 Å². The first-order valence-corrected chi connectivity index (χ1v) is 7.00. The zero-order chi connectivity index (χ0) is 15.8. The summed E-state index contributed by atoms with van der Waals surface area (Å²) in [5.41, 5.74) is 7.70. The van der Waals surface area contributed by atoms with Gasteiger partial charge >= 0.3 is 0 Å². The van der Waals surface area contributed by atoms with Crippen LogP contribution in [0.1, 0.15) is 12.0 Å². The van der Waals surface area contributed by atoms with Gasteiger partial charge in [-0.15, -0.1) is 5.11 Å². The van der Waals surface area contributed by atoms with Crippen LogP contribution in [-0.4, -0.2) is 24.1 Å². The fraction of sp³-hybridized carbons (Fsp3) is 0.188. The molecule has 0 saturated carbocycles. The molecular weight excluding hydrogens is 278 g/mol. The van der Waals surface area contributed by atoms with Crippen molar-refractivity contribution in [1.82, 2.24) is 0 Å². The molecule has 0 aromatic heterocycles. The summed E-state index contributed by atoms with van der Waals surface area (Å²) in [6.45, 7) is 0.634. The number of nitrogens with one attached hydrogen (secondary N) is 1. The van der Waals surface area contributed by atoms with E-state index < -0.39 is 0 Å². The molecule has 0 radical (unpaired) electrons. The number of hydrogen-bond acceptors (Lipinski definition) is 4. The van der Waals surface area contributed by atoms with E-state index in [1.807, 2.05) is 42.5 Å². The van der Waals surface area contributed by atoms with Gasteiger partial charge in [0.05, 0.1) is 11.4 Å². The van der Waals surface area contributed by atoms with Gasteiger partial charge in [0.1, 0.15) is 5.84 Å². The predicted molar refractivity (Wildman–Crippen MR) is 87.5 cm³/mol. The van der Waals surface area contributed by atoms with E-state index in [0.717, 1.165) is 11.4 Å². The summed E-state index contributed by atoms with van der Waals surface area (Å²) in [5.74, 6) is 0.0272. The minimum Gasteiger partial charge on any atom is -0.396 e. The number of aliphatic hydroxyl groups is 1. The first kappa shape index (κ1) is 15.7. The van der Waals surface area contributed by atoms with Crippen LogP contribution in [0.3, 0.4) is 0 Å². The molecule has 2 aromatic carbocycles. The van der Waals surface area contributed by atoms with E-state index in [9.17, 15) is 0 Å². The third kappa shape index (κ3) is 4.39. The lowest BCUT2D eigenvalue weighted by molar-refractivity contribution is 0.289. The molecule has 0 aliphatic carbocycles. The maximum Gasteiger partial charge on any atom is 0.122 e. The lowest BCUT2D eigenvalue weighted by Crippen LogP contribution is -2.18. The second kappa shape index (κ2) is 7.90. The lowest BCUT2D eigenvalue weighted by Gasteiger charge is -2.17. The van der Waals surface area contributed by atoms with Gasteiger partial charge in [0.2, 0.25) is 0 Å². The average Bonchev–Trinajstić information content (AvgIpc) is 2.56. The van der Waals surface area contributed by atoms with Crippen LogP contribution in [0.4, 0.5) is 11.4 Å². The average molecular weight is 297 g/mol. The summed E-state index contributed by atoms with van der Waals surface area (Å²) in [6, 6.07) is 16.6. The van der Waals surface area contributed by atoms with Crippen molar-refractivity contribution in [2.45, 2.75) is 6.42 Å². The van der Waals surface area contributed by atoms with Gasteiger partial charge in [-0.3, -0.25) is 5.41 Å². The normalized spacial score (nSPS) is 10.8. The molecule has 0 aliphatic rings. The van der Waals surface area contributed by atoms with Gasteiger partial charge in [-0.05, 0) is 42.8 Å². The van der Waals surface area contributed by atoms with Crippen LogP contribution in [-0.2, 0) is 0 Å². The molecule has 2 rings (SSSR count). The molecule has 6 nitrogen and oxygen atoms in total. The van der Waals surface area contributed by atoms with Gasteiger partial charge in [-0.25, -0.2) is 5.01 Å². The summed E-state index contributed by atoms with van der Waals surface area (Å²) >= 11 is 0. The van der Waals surface area contributed by atoms with Crippen LogP contribution < -0.4 is 10.7 Å². The number of amidine groups is 1. The van der Waals surface area contributed by atoms with Crippen LogP contribution in [0.15, 0.2) is 64.9 Å². The summed E-state index contributed by atoms with van der Waals surface area (Å²) in [4.78, 5) is 0. The molecule has 0 saturated heterocycles. The Morgan fingerprint density at radius 3 is 2.36 bits per heavy atom. The van der Waals surface area contributed by atoms with Crippen molar-refractivity contribution in [2.24, 2.45) is 16.1 Å². The number of rotatable bonds is 7. The van der Waals surface area contributed by atoms with Crippen molar-refractivity contribution in [3.8, 4) is 0 Å². The highest BCUT2D eigenvalue weighted by Gasteiger charge is 2.06. The minimum absolute atomic E-state index is 0.0272. The maximum atomic E-state index is 9.02. The number of anilines is 1. The monoisotopic (exact) mass is 297 g/mol. The van der Waals surface area contributed by atoms with Crippen LogP contribution in [0.2, 0.25) is 0 Å². The van der Waals surface area contributed by atoms with Gasteiger partial charge in [-0.1, -0.05) is 23.4 Å². The van der Waals surface area contributed by atoms with Crippen LogP contribution in [0.25, 0.3) is 0 Å². The van der Waals surface area contributed by atoms with Gasteiger partial charge in [0.25, 0.3) is 0 Å². The Labute approximate surface area is 129 Å². The number of nitrogen functional groups attached to an aromatic ring is 1. The molecule has 0 amide bonds. The molecule has 0 atom stereocenters. The summed E-state index contributed by atoms with van der Waals surface area (Å²) in [5, 5.41) is 26.6. The molecule has 0 heterocycles. The number of benzene rings is 2. The van der Waals surface area contributed by atoms with E-state index in [4.69, 9.17) is 16.2 Å². The zero-order valence-electron chi connectivity index (χ0n) is 12.2. The third-order valence-electron chi connectivity index (χ3n) is 3.03. The molecule has 0 fully saturated rings. The first-order valence-electron chi connectivity index (χ1n) is 7.00. The Morgan fingerprint density at radius 2 is 1.77 bits per heavy atom. The maximum absolute atomic E-state index is 9.02. The van der Waals surface area contributed by atoms with Gasteiger partial charge in [-0.2, -0.15) is 0 Å². The number of hydrogen-bond donors (Lipinski definition) is 3. The SMILES string of the molecule is N=C(N)c1ccc(N(CCCO)N=Nc2ccccc2)cc1. The van der Waals surface area contributed by atoms with Crippen LogP contribution >= 0.6 is 0 Å². The molecule has 22 heavy (non-hydrogen) atoms. The van der Waals surface area contributed by atoms with E-state index in [2.05, 4.69) is 10.3 Å². The van der Waals surface area contributed by atoms with Crippen molar-refractivity contribution in [3.63, 3.8) is 0 Å². The largest absolute Gasteiger partial charge is 0.396 e. The van der Waals surface area contributed by atoms with Gasteiger partial charge < -0.3 is 10.8 Å². The number of nitrogens with zero attached hydrogens (tertiary/aromatic N) is 3. The molecule has 4 N–H and O–H groups in total. The van der Waals surface area contributed by atoms with Gasteiger partial charge in [0, 0.05) is 18.7 Å². The molecule has 0 spiro atoms. The van der Waals surface area contributed by atoms with Gasteiger partial charge in [0.15, 0.2) is 0 Å². The van der Waals surface area contributed by atoms with E-state index >= 15 is 0 Å². The highest BCUT2D eigenvalue weighted by atomic mass is 16.3. The third-order valence-corrected chi connectivity index (χ3v) is 3.03. The molecule has 0 aliphatic heterocycles. The molecular formula is C16H19N5O. The highest BCUT2D eigenvalue weighted by molar-refractivity contribution is 5.95. The second-order valence-electron chi connectivity index (χ2n) is 4.69. The summed E-state index contributed by atoms with van der Waals surface area (Å²) in [7, 11) is 0. The highest BCUT2D eigenvalue weighted by Crippen LogP contribution is 2.18. The van der Waals surface area contributed by atoms with Crippen LogP contribution in [0, 0.1) is 5.41 Å². The Balaban J connectivity index is 2.18. The van der Waals surface area contributed by atoms with E-state index in [1.54, 1.807) is 17.1 Å². The quantitative estimate of drug-likeness (QED) is 0.317. The Kier molecular flexibility index (Phi) is 5.62. The fourth-order valence-corrected chi connectivity index (χ4v) is 1.86. The van der Waals surface area contributed by atoms with E-state index in [-0.39, 0.29) is 12.4 Å². The van der Waals surface area contributed by atoms with E-state index in [0.29, 0.717) is 18.5 Å². The van der Waals surface area contributed by atoms with Crippen molar-refractivity contribution in [2.75, 3.05) is 18.2 Å². The standard InChI is InChI=1S/C16H19N5O/c17-16(18)13-7-9-15(10-8-13)21(11-4-12-22)20-19-14-5-2-1-3-6-14/h1-3,5-10,22H,4,11-12H2,(H3,17,18). The van der Waals surface area contributed by atoms with E-state index in [1.165, 1.54) is 0 Å². The number of nitrogens with two attached hydrogens (primary N) is 1. The minimum atomic E-state index is 0.0272.